The second-order valence-electron chi connectivity index (χ2n) is 11.7. The third-order valence-electron chi connectivity index (χ3n) is 7.55. The van der Waals surface area contributed by atoms with Gasteiger partial charge in [-0.1, -0.05) is 32.4 Å². The molecule has 0 fully saturated rings. The second-order valence-corrected chi connectivity index (χ2v) is 12.9. The molecule has 0 saturated carbocycles. The Bertz CT molecular complexity index is 1500. The van der Waals surface area contributed by atoms with E-state index >= 15 is 0 Å². The van der Waals surface area contributed by atoms with Gasteiger partial charge in [0, 0.05) is 19.3 Å². The van der Waals surface area contributed by atoms with E-state index in [1.165, 1.54) is 31.2 Å². The molecule has 0 spiro atoms. The van der Waals surface area contributed by atoms with Crippen LogP contribution in [0, 0.1) is 5.92 Å². The lowest BCUT2D eigenvalue weighted by molar-refractivity contribution is -0.144. The predicted octanol–water partition coefficient (Wildman–Crippen LogP) is -1.31. The molecule has 0 aromatic heterocycles. The van der Waals surface area contributed by atoms with Crippen molar-refractivity contribution in [1.82, 2.24) is 21.3 Å². The summed E-state index contributed by atoms with van der Waals surface area (Å²) in [7, 11) is -4.82. The summed E-state index contributed by atoms with van der Waals surface area (Å²) in [5.41, 5.74) is 6.40. The topological polar surface area (TPSA) is 358 Å². The summed E-state index contributed by atoms with van der Waals surface area (Å²) >= 11 is 0. The fourth-order valence-electron chi connectivity index (χ4n) is 4.54. The first kappa shape index (κ1) is 44.9. The Labute approximate surface area is 296 Å². The minimum absolute atomic E-state index is 0.156. The Balaban J connectivity index is 3.20. The highest BCUT2D eigenvalue weighted by Crippen LogP contribution is 2.37. The highest BCUT2D eigenvalue weighted by atomic mass is 31.2. The molecule has 52 heavy (non-hydrogen) atoms. The highest BCUT2D eigenvalue weighted by molar-refractivity contribution is 7.46. The van der Waals surface area contributed by atoms with E-state index in [-0.39, 0.29) is 18.6 Å². The molecule has 1 rings (SSSR count). The fraction of sp³-hybridized carbons (Fsp3) is 0.533. The number of carboxylic acid groups (broad SMARTS) is 4. The smallest absolute Gasteiger partial charge is 0.481 e. The van der Waals surface area contributed by atoms with Crippen molar-refractivity contribution in [3.8, 4) is 5.75 Å². The van der Waals surface area contributed by atoms with Crippen LogP contribution in [0.5, 0.6) is 5.75 Å². The Morgan fingerprint density at radius 2 is 1.12 bits per heavy atom. The molecule has 290 valence electrons. The van der Waals surface area contributed by atoms with E-state index in [0.29, 0.717) is 5.56 Å². The molecule has 0 bridgehead atoms. The summed E-state index contributed by atoms with van der Waals surface area (Å²) < 4.78 is 15.5. The van der Waals surface area contributed by atoms with Crippen molar-refractivity contribution in [1.29, 1.82) is 0 Å². The van der Waals surface area contributed by atoms with Crippen LogP contribution in [-0.2, 0) is 49.3 Å². The monoisotopic (exact) mass is 761 g/mol. The number of rotatable bonds is 24. The van der Waals surface area contributed by atoms with Gasteiger partial charge in [0.15, 0.2) is 0 Å². The number of amides is 4. The molecule has 0 aliphatic rings. The number of benzene rings is 1. The van der Waals surface area contributed by atoms with Gasteiger partial charge in [-0.05, 0) is 49.3 Å². The quantitative estimate of drug-likeness (QED) is 0.0545. The van der Waals surface area contributed by atoms with Crippen LogP contribution in [0.25, 0.3) is 0 Å². The van der Waals surface area contributed by atoms with E-state index in [2.05, 4.69) is 25.8 Å². The summed E-state index contributed by atoms with van der Waals surface area (Å²) in [6.07, 6.45) is -3.26. The zero-order valence-electron chi connectivity index (χ0n) is 28.2. The van der Waals surface area contributed by atoms with E-state index < -0.39 is 130 Å². The van der Waals surface area contributed by atoms with Crippen LogP contribution in [0.1, 0.15) is 64.4 Å². The van der Waals surface area contributed by atoms with Gasteiger partial charge in [0.2, 0.25) is 23.6 Å². The van der Waals surface area contributed by atoms with Crippen molar-refractivity contribution in [3.63, 3.8) is 0 Å². The minimum Gasteiger partial charge on any atom is -0.481 e. The molecule has 22 heteroatoms. The van der Waals surface area contributed by atoms with Gasteiger partial charge in [-0.2, -0.15) is 0 Å². The Morgan fingerprint density at radius 3 is 1.54 bits per heavy atom. The van der Waals surface area contributed by atoms with Gasteiger partial charge in [0.1, 0.15) is 29.9 Å². The van der Waals surface area contributed by atoms with E-state index in [1.807, 2.05) is 0 Å². The average Bonchev–Trinajstić information content (AvgIpc) is 3.04. The minimum atomic E-state index is -4.82. The molecule has 1 aromatic carbocycles. The number of hydrogen-bond donors (Lipinski definition) is 11. The molecule has 1 aromatic rings. The summed E-state index contributed by atoms with van der Waals surface area (Å²) in [5, 5.41) is 46.0. The van der Waals surface area contributed by atoms with Crippen molar-refractivity contribution in [2.45, 2.75) is 95.4 Å². The number of carbonyl (C=O) groups is 8. The normalized spacial score (nSPS) is 14.6. The van der Waals surface area contributed by atoms with E-state index in [4.69, 9.17) is 20.6 Å². The lowest BCUT2D eigenvalue weighted by Crippen LogP contribution is -2.59. The number of phosphoric acid groups is 1. The van der Waals surface area contributed by atoms with E-state index in [1.54, 1.807) is 6.92 Å². The summed E-state index contributed by atoms with van der Waals surface area (Å²) in [4.78, 5) is 116. The molecule has 0 saturated heterocycles. The third kappa shape index (κ3) is 17.2. The maximum absolute atomic E-state index is 13.4. The van der Waals surface area contributed by atoms with Crippen molar-refractivity contribution in [2.75, 3.05) is 0 Å². The molecule has 0 aliphatic heterocycles. The molecule has 0 heterocycles. The molecule has 21 nitrogen and oxygen atoms in total. The lowest BCUT2D eigenvalue weighted by Gasteiger charge is -2.28. The molecular formula is C30H44N5O16P. The van der Waals surface area contributed by atoms with E-state index in [0.717, 1.165) is 0 Å². The van der Waals surface area contributed by atoms with Crippen LogP contribution in [0.2, 0.25) is 0 Å². The van der Waals surface area contributed by atoms with E-state index in [9.17, 15) is 58.2 Å². The highest BCUT2D eigenvalue weighted by Gasteiger charge is 2.34. The summed E-state index contributed by atoms with van der Waals surface area (Å²) in [6, 6.07) is -2.49. The van der Waals surface area contributed by atoms with Gasteiger partial charge in [-0.3, -0.25) is 43.3 Å². The molecule has 4 amide bonds. The number of hydrogen-bond acceptors (Lipinski definition) is 11. The van der Waals surface area contributed by atoms with Crippen molar-refractivity contribution in [3.05, 3.63) is 29.8 Å². The third-order valence-corrected chi connectivity index (χ3v) is 8.00. The van der Waals surface area contributed by atoms with Crippen LogP contribution in [-0.4, -0.2) is 108 Å². The first-order valence-corrected chi connectivity index (χ1v) is 17.4. The van der Waals surface area contributed by atoms with Crippen LogP contribution in [0.3, 0.4) is 0 Å². The maximum atomic E-state index is 13.4. The first-order chi connectivity index (χ1) is 24.1. The number of aliphatic carboxylic acids is 4. The average molecular weight is 762 g/mol. The number of nitrogens with two attached hydrogens (primary N) is 1. The lowest BCUT2D eigenvalue weighted by atomic mass is 9.96. The van der Waals surface area contributed by atoms with Crippen molar-refractivity contribution < 1.29 is 77.7 Å². The van der Waals surface area contributed by atoms with Gasteiger partial charge in [-0.25, -0.2) is 9.36 Å². The second kappa shape index (κ2) is 21.3. The Hall–Kier alpha value is -5.11. The Kier molecular flexibility index (Phi) is 18.4. The van der Waals surface area contributed by atoms with Crippen molar-refractivity contribution >= 4 is 55.3 Å². The molecular weight excluding hydrogens is 717 g/mol. The zero-order valence-corrected chi connectivity index (χ0v) is 29.1. The fourth-order valence-corrected chi connectivity index (χ4v) is 4.93. The van der Waals surface area contributed by atoms with Gasteiger partial charge in [0.25, 0.3) is 0 Å². The van der Waals surface area contributed by atoms with Gasteiger partial charge in [-0.15, -0.1) is 0 Å². The standard InChI is InChI=1S/C30H44N5O16P/c1-3-15(2)25(29(45)34-21(30(46)47)10-13-24(40)41)35-28(44)20(9-12-23(38)39)33-27(43)19(8-11-22(36)37)32-26(42)18(31)14-16-4-6-17(7-5-16)51-52(48,49)50/h4-7,15,18-21,25H,3,8-14,31H2,1-2H3,(H,32,42)(H,33,43)(H,34,45)(H,35,44)(H,36,37)(H,38,39)(H,40,41)(H,46,47)(H2,48,49,50)/t15-,18-,19-,20-,21-,25-/m0/s1. The number of phosphoric ester groups is 1. The maximum Gasteiger partial charge on any atom is 0.524 e. The molecule has 6 atom stereocenters. The zero-order chi connectivity index (χ0) is 39.8. The molecule has 12 N–H and O–H groups in total. The SMILES string of the molecule is CC[C@H](C)[C@H](NC(=O)[C@H](CCC(=O)O)NC(=O)[C@H](CCC(=O)O)NC(=O)[C@@H](N)Cc1ccc(OP(=O)(O)O)cc1)C(=O)N[C@@H](CCC(=O)O)C(=O)O. The summed E-state index contributed by atoms with van der Waals surface area (Å²) in [6.45, 7) is 3.18. The molecule has 0 radical (unpaired) electrons. The number of nitrogens with one attached hydrogen (secondary N) is 4. The summed E-state index contributed by atoms with van der Waals surface area (Å²) in [5.74, 6) is -10.5. The van der Waals surface area contributed by atoms with Gasteiger partial charge < -0.3 is 52.0 Å². The largest absolute Gasteiger partial charge is 0.524 e. The van der Waals surface area contributed by atoms with Crippen LogP contribution in [0.4, 0.5) is 0 Å². The Morgan fingerprint density at radius 1 is 0.692 bits per heavy atom. The first-order valence-electron chi connectivity index (χ1n) is 15.8. The molecule has 0 unspecified atom stereocenters. The number of carboxylic acids is 4. The predicted molar refractivity (Wildman–Crippen MR) is 176 cm³/mol. The van der Waals surface area contributed by atoms with Gasteiger partial charge >= 0.3 is 31.7 Å². The van der Waals surface area contributed by atoms with Crippen molar-refractivity contribution in [2.24, 2.45) is 11.7 Å². The van der Waals surface area contributed by atoms with Crippen LogP contribution < -0.4 is 31.5 Å². The molecule has 0 aliphatic carbocycles. The van der Waals surface area contributed by atoms with Crippen LogP contribution in [0.15, 0.2) is 24.3 Å². The van der Waals surface area contributed by atoms with Crippen LogP contribution >= 0.6 is 7.82 Å². The van der Waals surface area contributed by atoms with Gasteiger partial charge in [0.05, 0.1) is 6.04 Å². The number of carbonyl (C=O) groups excluding carboxylic acids is 4.